The summed E-state index contributed by atoms with van der Waals surface area (Å²) < 4.78 is 44.0. The number of ether oxygens (including phenoxy) is 5. The van der Waals surface area contributed by atoms with Crippen LogP contribution in [0.4, 0.5) is 34.4 Å². The monoisotopic (exact) mass is 1080 g/mol. The van der Waals surface area contributed by atoms with Crippen LogP contribution in [0.3, 0.4) is 0 Å². The molecule has 6 aliphatic heterocycles. The molecule has 0 spiro atoms. The molecule has 0 radical (unpaired) electrons. The maximum Gasteiger partial charge on any atom is 0.351 e. The predicted octanol–water partition coefficient (Wildman–Crippen LogP) is 4.62. The maximum atomic E-state index is 12.8. The highest BCUT2D eigenvalue weighted by Gasteiger charge is 2.39. The van der Waals surface area contributed by atoms with Crippen molar-refractivity contribution in [3.05, 3.63) is 141 Å². The molecular weight excluding hydrogens is 1020 g/mol. The summed E-state index contributed by atoms with van der Waals surface area (Å²) in [5.74, 6) is 0.686. The number of nitrogens with one attached hydrogen (secondary N) is 4. The van der Waals surface area contributed by atoms with Crippen molar-refractivity contribution in [2.45, 2.75) is 49.7 Å². The van der Waals surface area contributed by atoms with E-state index in [-0.39, 0.29) is 97.3 Å². The first-order valence-electron chi connectivity index (χ1n) is 25.5. The Balaban J connectivity index is 0.000000198. The highest BCUT2D eigenvalue weighted by atomic mass is 35.5. The van der Waals surface area contributed by atoms with E-state index in [4.69, 9.17) is 26.4 Å². The molecular formula is C52H53ClN10O14-2. The van der Waals surface area contributed by atoms with E-state index in [1.807, 2.05) is 0 Å². The molecule has 2 saturated heterocycles. The Morgan fingerprint density at radius 3 is 1.47 bits per heavy atom. The van der Waals surface area contributed by atoms with Gasteiger partial charge in [0.2, 0.25) is 0 Å². The number of para-hydroxylation sites is 2. The van der Waals surface area contributed by atoms with E-state index in [0.29, 0.717) is 74.5 Å². The molecule has 404 valence electrons. The van der Waals surface area contributed by atoms with Crippen LogP contribution in [0.5, 0.6) is 23.0 Å². The Kier molecular flexibility index (Phi) is 14.3. The van der Waals surface area contributed by atoms with Crippen molar-refractivity contribution in [3.63, 3.8) is 0 Å². The van der Waals surface area contributed by atoms with Crippen molar-refractivity contribution < 1.29 is 63.8 Å². The molecule has 0 saturated carbocycles. The third-order valence-electron chi connectivity index (χ3n) is 13.4. The molecule has 25 heteroatoms. The van der Waals surface area contributed by atoms with Crippen LogP contribution in [0, 0.1) is 0 Å². The quantitative estimate of drug-likeness (QED) is 0.0612. The number of hydrogen-bond donors (Lipinski definition) is 7. The zero-order valence-electron chi connectivity index (χ0n) is 44.7. The highest BCUT2D eigenvalue weighted by molar-refractivity contribution is 6.22. The van der Waals surface area contributed by atoms with Crippen molar-refractivity contribution in [2.75, 3.05) is 74.1 Å². The van der Waals surface area contributed by atoms with Gasteiger partial charge >= 0.3 is 11.4 Å². The molecule has 8 heterocycles. The number of amides is 4. The third kappa shape index (κ3) is 10.1. The standard InChI is InChI=1S/C26H25N5O7.C25H23N5O7.CH3Cl.2H/c1-36-13-20-17(32)11-21(38-20)31-12-19-23(29-26(31)35)28-22-16(7-4-8-18(22)37-19)27-9-10-30-24(33)14-5-2-3-6-15(14)25(30)34;31-12-19-16(32)10-20(37-19)30-11-18-22(28-25(30)35)27-21-15(6-3-7-17(21)36-18)26-8-9-29-23(33)13-4-1-2-5-14(13)24(29)34;1-2;;/h2-8,12,17,20-21,27,32H,9-11,13H2,1H3,(H,28,29,35);1-7,11,16,19-20,26,31-32H,8-10,12H2,(H,27,28,35);1H3;;/q;;;2*-1/i1D;;1D;2*1+2. The van der Waals surface area contributed by atoms with Gasteiger partial charge in [0.25, 0.3) is 23.6 Å². The molecule has 2 fully saturated rings. The Labute approximate surface area is 448 Å². The molecule has 2 aromatic heterocycles. The number of carbonyl (C=O) groups is 4. The normalized spacial score (nSPS) is 21.4. The number of alkyl halides is 1. The van der Waals surface area contributed by atoms with Crippen LogP contribution in [-0.2, 0) is 14.2 Å². The van der Waals surface area contributed by atoms with Gasteiger partial charge in [-0.25, -0.2) is 9.59 Å². The zero-order valence-corrected chi connectivity index (χ0v) is 41.4. The number of anilines is 6. The number of hydrogen-bond acceptors (Lipinski definition) is 20. The van der Waals surface area contributed by atoms with Crippen molar-refractivity contribution in [3.8, 4) is 23.0 Å². The molecule has 6 unspecified atom stereocenters. The third-order valence-corrected chi connectivity index (χ3v) is 13.4. The minimum Gasteiger partial charge on any atom is -1.00 e. The summed E-state index contributed by atoms with van der Waals surface area (Å²) in [4.78, 5) is 86.6. The van der Waals surface area contributed by atoms with E-state index >= 15 is 0 Å². The second kappa shape index (κ2) is 22.2. The summed E-state index contributed by atoms with van der Waals surface area (Å²) in [6.07, 6.45) is -1.51. The highest BCUT2D eigenvalue weighted by Crippen LogP contribution is 2.46. The summed E-state index contributed by atoms with van der Waals surface area (Å²) in [6.45, 7) is 0.592. The Morgan fingerprint density at radius 2 is 1.06 bits per heavy atom. The van der Waals surface area contributed by atoms with Gasteiger partial charge in [-0.15, -0.1) is 11.6 Å². The molecule has 6 atom stereocenters. The number of benzene rings is 4. The average molecular weight is 1080 g/mol. The molecule has 0 bridgehead atoms. The SMILES string of the molecule is O=C1c2ccccc2C(=O)N1CCNc1cccc2c1Nc1nc(=O)n(C3CC(O)C(CO)O3)cc1O2.[2H]CCl.[2H]COCC1OC(n2cc3c(nc2=O)Nc2c(NCCN4C(=O)c5ccccc5C4=O)cccc2O3)CC1O.[3H-].[3H-]. The number of aliphatic hydroxyl groups is 3. The van der Waals surface area contributed by atoms with E-state index in [1.165, 1.54) is 31.3 Å². The van der Waals surface area contributed by atoms with Crippen LogP contribution in [0.25, 0.3) is 0 Å². The zero-order chi connectivity index (χ0) is 55.5. The fraction of sp³-hybridized carbons (Fsp3) is 0.308. The summed E-state index contributed by atoms with van der Waals surface area (Å²) in [6, 6.07) is 24.1. The molecule has 77 heavy (non-hydrogen) atoms. The van der Waals surface area contributed by atoms with Gasteiger partial charge in [0.15, 0.2) is 34.6 Å². The number of aliphatic hydroxyl groups excluding tert-OH is 3. The molecule has 7 N–H and O–H groups in total. The van der Waals surface area contributed by atoms with Gasteiger partial charge in [-0.05, 0) is 48.5 Å². The minimum absolute atomic E-state index is 0. The lowest BCUT2D eigenvalue weighted by Crippen LogP contribution is -2.34. The lowest BCUT2D eigenvalue weighted by molar-refractivity contribution is -0.0547. The topological polar surface area (TPSA) is 300 Å². The van der Waals surface area contributed by atoms with Crippen molar-refractivity contribution in [1.29, 1.82) is 0 Å². The summed E-state index contributed by atoms with van der Waals surface area (Å²) in [7, 11) is -0.254. The second-order valence-electron chi connectivity index (χ2n) is 18.0. The van der Waals surface area contributed by atoms with E-state index < -0.39 is 48.3 Å². The number of nitrogens with zero attached hydrogens (tertiary/aromatic N) is 6. The van der Waals surface area contributed by atoms with E-state index in [2.05, 4.69) is 42.8 Å². The van der Waals surface area contributed by atoms with Gasteiger partial charge in [0.05, 0.1) is 72.8 Å². The number of methoxy groups -OCH3 is 1. The van der Waals surface area contributed by atoms with Gasteiger partial charge in [0.1, 0.15) is 36.0 Å². The van der Waals surface area contributed by atoms with Gasteiger partial charge in [-0.3, -0.25) is 38.1 Å². The number of halogens is 1. The first-order chi connectivity index (χ1) is 38.3. The van der Waals surface area contributed by atoms with Crippen LogP contribution >= 0.6 is 11.6 Å². The van der Waals surface area contributed by atoms with Crippen molar-refractivity contribution >= 4 is 69.6 Å². The number of rotatable bonds is 13. The van der Waals surface area contributed by atoms with Crippen LogP contribution in [0.15, 0.2) is 107 Å². The lowest BCUT2D eigenvalue weighted by Gasteiger charge is -2.25. The smallest absolute Gasteiger partial charge is 0.351 e. The van der Waals surface area contributed by atoms with Crippen molar-refractivity contribution in [1.82, 2.24) is 28.9 Å². The Morgan fingerprint density at radius 1 is 0.649 bits per heavy atom. The molecule has 6 aliphatic rings. The van der Waals surface area contributed by atoms with E-state index in [0.717, 1.165) is 0 Å². The van der Waals surface area contributed by atoms with Crippen LogP contribution < -0.4 is 42.1 Å². The van der Waals surface area contributed by atoms with E-state index in [1.54, 1.807) is 84.9 Å². The largest absolute Gasteiger partial charge is 1.00 e. The van der Waals surface area contributed by atoms with Crippen molar-refractivity contribution in [2.24, 2.45) is 0 Å². The first kappa shape index (κ1) is 49.6. The molecule has 12 rings (SSSR count). The van der Waals surface area contributed by atoms with Gasteiger partial charge in [0, 0.05) is 53.8 Å². The van der Waals surface area contributed by atoms with Crippen LogP contribution in [0.1, 0.15) is 72.3 Å². The van der Waals surface area contributed by atoms with Gasteiger partial charge in [-0.1, -0.05) is 36.4 Å². The maximum absolute atomic E-state index is 12.8. The fourth-order valence-corrected chi connectivity index (χ4v) is 9.59. The molecule has 4 amide bonds. The molecule has 4 aromatic carbocycles. The molecule has 0 aliphatic carbocycles. The van der Waals surface area contributed by atoms with Gasteiger partial charge in [-0.2, -0.15) is 9.97 Å². The van der Waals surface area contributed by atoms with E-state index in [9.17, 15) is 44.1 Å². The minimum atomic E-state index is -0.897. The second-order valence-corrected chi connectivity index (χ2v) is 18.0. The Bertz CT molecular complexity index is 3400. The predicted molar refractivity (Wildman–Crippen MR) is 279 cm³/mol. The number of carbonyl (C=O) groups excluding carboxylic acids is 4. The molecule has 24 nitrogen and oxygen atoms in total. The molecule has 6 aromatic rings. The summed E-state index contributed by atoms with van der Waals surface area (Å²) in [5.41, 5.74) is 2.78. The summed E-state index contributed by atoms with van der Waals surface area (Å²) in [5, 5.41) is 42.3. The lowest BCUT2D eigenvalue weighted by atomic mass is 10.1. The summed E-state index contributed by atoms with van der Waals surface area (Å²) >= 11 is 4.67. The number of aromatic nitrogens is 4. The average Bonchev–Trinajstić information content (AvgIpc) is 4.28. The van der Waals surface area contributed by atoms with Crippen LogP contribution in [0.2, 0.25) is 0 Å². The number of imide groups is 2. The first-order valence-corrected chi connectivity index (χ1v) is 24.6. The number of fused-ring (bicyclic) bond motifs is 6. The fourth-order valence-electron chi connectivity index (χ4n) is 9.59. The van der Waals surface area contributed by atoms with Gasteiger partial charge < -0.3 is 63.1 Å². The Hall–Kier alpha value is -8.23. The van der Waals surface area contributed by atoms with Crippen LogP contribution in [-0.4, -0.2) is 145 Å².